The van der Waals surface area contributed by atoms with Gasteiger partial charge in [-0.25, -0.2) is 0 Å². The third kappa shape index (κ3) is 7.52. The minimum absolute atomic E-state index is 0.260. The number of hydrogen-bond donors (Lipinski definition) is 2. The van der Waals surface area contributed by atoms with E-state index in [-0.39, 0.29) is 6.61 Å². The number of aliphatic hydroxyl groups is 1. The third-order valence-corrected chi connectivity index (χ3v) is 4.25. The Labute approximate surface area is 130 Å². The van der Waals surface area contributed by atoms with Crippen LogP contribution in [0.5, 0.6) is 0 Å². The van der Waals surface area contributed by atoms with E-state index >= 15 is 0 Å². The zero-order chi connectivity index (χ0) is 15.5. The quantitative estimate of drug-likeness (QED) is 0.457. The molecule has 0 saturated heterocycles. The first-order chi connectivity index (χ1) is 10.2. The lowest BCUT2D eigenvalue weighted by molar-refractivity contribution is 0.230. The lowest BCUT2D eigenvalue weighted by Crippen LogP contribution is -2.04. The number of aryl methyl sites for hydroxylation is 2. The van der Waals surface area contributed by atoms with E-state index in [0.717, 1.165) is 24.9 Å². The molecule has 1 unspecified atom stereocenters. The lowest BCUT2D eigenvalue weighted by Gasteiger charge is -2.11. The number of unbranched alkanes of at least 4 members (excludes halogenated alkanes) is 5. The molecular formula is C19H33NO. The van der Waals surface area contributed by atoms with Crippen LogP contribution in [0.25, 0.3) is 0 Å². The topological polar surface area (TPSA) is 46.2 Å². The van der Waals surface area contributed by atoms with Crippen LogP contribution in [0, 0.1) is 5.92 Å². The van der Waals surface area contributed by atoms with Gasteiger partial charge in [-0.1, -0.05) is 58.1 Å². The number of anilines is 1. The number of rotatable bonds is 11. The highest BCUT2D eigenvalue weighted by atomic mass is 16.3. The Morgan fingerprint density at radius 2 is 1.76 bits per heavy atom. The summed E-state index contributed by atoms with van der Waals surface area (Å²) >= 11 is 0. The van der Waals surface area contributed by atoms with Crippen LogP contribution in [0.3, 0.4) is 0 Å². The van der Waals surface area contributed by atoms with Crippen LogP contribution in [0.4, 0.5) is 5.69 Å². The molecule has 1 rings (SSSR count). The first-order valence-corrected chi connectivity index (χ1v) is 8.65. The summed E-state index contributed by atoms with van der Waals surface area (Å²) in [4.78, 5) is 0. The van der Waals surface area contributed by atoms with Gasteiger partial charge in [0.25, 0.3) is 0 Å². The van der Waals surface area contributed by atoms with E-state index in [1.165, 1.54) is 49.7 Å². The molecule has 0 aliphatic carbocycles. The van der Waals surface area contributed by atoms with Gasteiger partial charge in [0, 0.05) is 12.3 Å². The molecule has 0 aliphatic rings. The van der Waals surface area contributed by atoms with Gasteiger partial charge in [0.1, 0.15) is 0 Å². The minimum Gasteiger partial charge on any atom is -0.398 e. The normalized spacial score (nSPS) is 12.5. The average molecular weight is 291 g/mol. The molecule has 0 aliphatic heterocycles. The van der Waals surface area contributed by atoms with Crippen LogP contribution in [0.15, 0.2) is 18.2 Å². The van der Waals surface area contributed by atoms with Crippen molar-refractivity contribution in [2.24, 2.45) is 5.92 Å². The summed E-state index contributed by atoms with van der Waals surface area (Å²) in [5.74, 6) is 0.354. The first kappa shape index (κ1) is 18.0. The summed E-state index contributed by atoms with van der Waals surface area (Å²) < 4.78 is 0. The minimum atomic E-state index is 0.260. The molecule has 1 aromatic carbocycles. The largest absolute Gasteiger partial charge is 0.398 e. The van der Waals surface area contributed by atoms with Gasteiger partial charge in [-0.3, -0.25) is 0 Å². The number of nitrogen functional groups attached to an aromatic ring is 1. The maximum Gasteiger partial charge on any atom is 0.0456 e. The van der Waals surface area contributed by atoms with E-state index in [0.29, 0.717) is 5.92 Å². The molecule has 2 heteroatoms. The van der Waals surface area contributed by atoms with Crippen LogP contribution in [-0.2, 0) is 12.8 Å². The predicted molar refractivity (Wildman–Crippen MR) is 92.5 cm³/mol. The van der Waals surface area contributed by atoms with Gasteiger partial charge in [-0.2, -0.15) is 0 Å². The van der Waals surface area contributed by atoms with E-state index in [4.69, 9.17) is 10.8 Å². The monoisotopic (exact) mass is 291 g/mol. The van der Waals surface area contributed by atoms with Gasteiger partial charge in [-0.05, 0) is 48.8 Å². The smallest absolute Gasteiger partial charge is 0.0456 e. The van der Waals surface area contributed by atoms with Gasteiger partial charge in [-0.15, -0.1) is 0 Å². The Morgan fingerprint density at radius 3 is 2.43 bits per heavy atom. The van der Waals surface area contributed by atoms with E-state index in [1.54, 1.807) is 0 Å². The first-order valence-electron chi connectivity index (χ1n) is 8.65. The summed E-state index contributed by atoms with van der Waals surface area (Å²) in [7, 11) is 0. The van der Waals surface area contributed by atoms with Crippen molar-refractivity contribution in [1.29, 1.82) is 0 Å². The molecule has 1 aromatic rings. The second kappa shape index (κ2) is 10.7. The van der Waals surface area contributed by atoms with Gasteiger partial charge in [0.05, 0.1) is 0 Å². The summed E-state index contributed by atoms with van der Waals surface area (Å²) in [6.07, 6.45) is 11.1. The van der Waals surface area contributed by atoms with Crippen molar-refractivity contribution in [3.63, 3.8) is 0 Å². The van der Waals surface area contributed by atoms with Crippen molar-refractivity contribution in [1.82, 2.24) is 0 Å². The van der Waals surface area contributed by atoms with Crippen LogP contribution in [-0.4, -0.2) is 11.7 Å². The predicted octanol–water partition coefficient (Wildman–Crippen LogP) is 4.73. The van der Waals surface area contributed by atoms with E-state index in [2.05, 4.69) is 32.0 Å². The summed E-state index contributed by atoms with van der Waals surface area (Å²) in [6.45, 7) is 4.59. The highest BCUT2D eigenvalue weighted by Gasteiger charge is 2.05. The fraction of sp³-hybridized carbons (Fsp3) is 0.684. The second-order valence-corrected chi connectivity index (χ2v) is 6.38. The van der Waals surface area contributed by atoms with Gasteiger partial charge in [0.15, 0.2) is 0 Å². The molecule has 0 saturated carbocycles. The molecule has 3 N–H and O–H groups in total. The molecule has 21 heavy (non-hydrogen) atoms. The van der Waals surface area contributed by atoms with Crippen molar-refractivity contribution >= 4 is 5.69 Å². The fourth-order valence-corrected chi connectivity index (χ4v) is 2.63. The molecule has 0 spiro atoms. The second-order valence-electron chi connectivity index (χ2n) is 6.38. The average Bonchev–Trinajstić information content (AvgIpc) is 2.49. The zero-order valence-electron chi connectivity index (χ0n) is 13.9. The van der Waals surface area contributed by atoms with Crippen LogP contribution in [0.1, 0.15) is 69.9 Å². The number of hydrogen-bond acceptors (Lipinski definition) is 2. The molecule has 0 radical (unpaired) electrons. The Bertz CT molecular complexity index is 389. The summed E-state index contributed by atoms with van der Waals surface area (Å²) in [5, 5.41) is 9.07. The van der Waals surface area contributed by atoms with Crippen molar-refractivity contribution in [3.8, 4) is 0 Å². The van der Waals surface area contributed by atoms with E-state index in [9.17, 15) is 0 Å². The molecule has 1 atom stereocenters. The fourth-order valence-electron chi connectivity index (χ4n) is 2.63. The van der Waals surface area contributed by atoms with Crippen molar-refractivity contribution in [2.75, 3.05) is 12.3 Å². The Hall–Kier alpha value is -1.02. The van der Waals surface area contributed by atoms with Gasteiger partial charge in [0.2, 0.25) is 0 Å². The van der Waals surface area contributed by atoms with E-state index < -0.39 is 0 Å². The Kier molecular flexibility index (Phi) is 9.16. The van der Waals surface area contributed by atoms with Crippen molar-refractivity contribution < 1.29 is 5.11 Å². The number of nitrogens with two attached hydrogens (primary N) is 1. The zero-order valence-corrected chi connectivity index (χ0v) is 13.9. The van der Waals surface area contributed by atoms with Crippen molar-refractivity contribution in [2.45, 2.75) is 71.6 Å². The van der Waals surface area contributed by atoms with Crippen LogP contribution >= 0.6 is 0 Å². The van der Waals surface area contributed by atoms with Crippen molar-refractivity contribution in [3.05, 3.63) is 29.3 Å². The van der Waals surface area contributed by atoms with Crippen LogP contribution < -0.4 is 5.73 Å². The molecule has 0 amide bonds. The molecule has 0 aromatic heterocycles. The molecule has 0 heterocycles. The SMILES string of the molecule is CCCCCCCCc1ccc(CCC(C)CO)c(N)c1. The molecule has 120 valence electrons. The summed E-state index contributed by atoms with van der Waals surface area (Å²) in [5.41, 5.74) is 9.66. The Balaban J connectivity index is 2.32. The molecule has 0 fully saturated rings. The van der Waals surface area contributed by atoms with Gasteiger partial charge < -0.3 is 10.8 Å². The maximum atomic E-state index is 9.07. The standard InChI is InChI=1S/C19H33NO/c1-3-4-5-6-7-8-9-17-11-13-18(19(20)14-17)12-10-16(2)15-21/h11,13-14,16,21H,3-10,12,15,20H2,1-2H3. The number of aliphatic hydroxyl groups excluding tert-OH is 1. The van der Waals surface area contributed by atoms with E-state index in [1.807, 2.05) is 0 Å². The van der Waals surface area contributed by atoms with Crippen LogP contribution in [0.2, 0.25) is 0 Å². The van der Waals surface area contributed by atoms with Gasteiger partial charge >= 0.3 is 0 Å². The molecule has 2 nitrogen and oxygen atoms in total. The highest BCUT2D eigenvalue weighted by Crippen LogP contribution is 2.19. The Morgan fingerprint density at radius 1 is 1.05 bits per heavy atom. The molecular weight excluding hydrogens is 258 g/mol. The summed E-state index contributed by atoms with van der Waals surface area (Å²) in [6, 6.07) is 6.54. The maximum absolute atomic E-state index is 9.07. The highest BCUT2D eigenvalue weighted by molar-refractivity contribution is 5.49. The molecule has 0 bridgehead atoms. The number of benzene rings is 1. The third-order valence-electron chi connectivity index (χ3n) is 4.25. The lowest BCUT2D eigenvalue weighted by atomic mass is 9.98.